The molecule has 3 rings (SSSR count). The minimum atomic E-state index is -0.394. The number of ether oxygens (including phenoxy) is 1. The molecule has 4 nitrogen and oxygen atoms in total. The largest absolute Gasteiger partial charge is 0.474 e. The van der Waals surface area contributed by atoms with Gasteiger partial charge in [-0.15, -0.1) is 0 Å². The maximum Gasteiger partial charge on any atom is 0.223 e. The van der Waals surface area contributed by atoms with Crippen LogP contribution in [0.25, 0.3) is 11.3 Å². The molecule has 2 aromatic rings. The van der Waals surface area contributed by atoms with E-state index in [0.29, 0.717) is 35.5 Å². The molecule has 1 aromatic carbocycles. The van der Waals surface area contributed by atoms with Crippen LogP contribution in [-0.4, -0.2) is 22.2 Å². The zero-order chi connectivity index (χ0) is 13.4. The van der Waals surface area contributed by atoms with Gasteiger partial charge in [0.2, 0.25) is 5.88 Å². The van der Waals surface area contributed by atoms with Crippen LogP contribution in [0.4, 0.5) is 4.39 Å². The third-order valence-electron chi connectivity index (χ3n) is 3.25. The molecule has 0 spiro atoms. The smallest absolute Gasteiger partial charge is 0.223 e. The monoisotopic (exact) mass is 260 g/mol. The minimum Gasteiger partial charge on any atom is -0.474 e. The van der Waals surface area contributed by atoms with Gasteiger partial charge in [-0.1, -0.05) is 12.1 Å². The van der Waals surface area contributed by atoms with Crippen molar-refractivity contribution in [2.24, 2.45) is 0 Å². The number of aldehydes is 1. The third kappa shape index (κ3) is 1.91. The number of aryl methyl sites for hydroxylation is 1. The van der Waals surface area contributed by atoms with E-state index >= 15 is 0 Å². The molecule has 1 unspecified atom stereocenters. The number of fused-ring (bicyclic) bond motifs is 1. The lowest BCUT2D eigenvalue weighted by atomic mass is 10.1. The van der Waals surface area contributed by atoms with Gasteiger partial charge in [-0.05, 0) is 19.1 Å². The fraction of sp³-hybridized carbons (Fsp3) is 0.286. The Balaban J connectivity index is 2.18. The summed E-state index contributed by atoms with van der Waals surface area (Å²) in [5.74, 6) is 0.0427. The Morgan fingerprint density at radius 1 is 1.47 bits per heavy atom. The maximum atomic E-state index is 13.8. The molecule has 0 bridgehead atoms. The number of carbonyl (C=O) groups is 1. The summed E-state index contributed by atoms with van der Waals surface area (Å²) in [6.07, 6.45) is 1.54. The summed E-state index contributed by atoms with van der Waals surface area (Å²) in [5, 5.41) is 4.31. The zero-order valence-corrected chi connectivity index (χ0v) is 10.5. The van der Waals surface area contributed by atoms with Crippen molar-refractivity contribution in [2.75, 3.05) is 0 Å². The molecule has 0 radical (unpaired) electrons. The predicted octanol–water partition coefficient (Wildman–Crippen LogP) is 2.67. The summed E-state index contributed by atoms with van der Waals surface area (Å²) in [6.45, 7) is 2.61. The molecular weight excluding hydrogens is 247 g/mol. The van der Waals surface area contributed by atoms with Crippen LogP contribution < -0.4 is 4.74 Å². The van der Waals surface area contributed by atoms with Crippen molar-refractivity contribution in [1.82, 2.24) is 9.78 Å². The van der Waals surface area contributed by atoms with Gasteiger partial charge < -0.3 is 4.74 Å². The number of hydrogen-bond acceptors (Lipinski definition) is 3. The molecule has 98 valence electrons. The number of nitrogens with zero attached hydrogens (tertiary/aromatic N) is 2. The van der Waals surface area contributed by atoms with Gasteiger partial charge >= 0.3 is 0 Å². The molecule has 0 saturated heterocycles. The van der Waals surface area contributed by atoms with Crippen LogP contribution >= 0.6 is 0 Å². The van der Waals surface area contributed by atoms with Gasteiger partial charge in [-0.25, -0.2) is 9.07 Å². The molecule has 1 aliphatic rings. The van der Waals surface area contributed by atoms with Crippen molar-refractivity contribution in [3.05, 3.63) is 35.6 Å². The van der Waals surface area contributed by atoms with Crippen LogP contribution in [-0.2, 0) is 6.54 Å². The highest BCUT2D eigenvalue weighted by Gasteiger charge is 2.26. The summed E-state index contributed by atoms with van der Waals surface area (Å²) < 4.78 is 21.1. The highest BCUT2D eigenvalue weighted by atomic mass is 19.1. The second-order valence-corrected chi connectivity index (χ2v) is 4.61. The summed E-state index contributed by atoms with van der Waals surface area (Å²) in [6, 6.07) is 6.29. The third-order valence-corrected chi connectivity index (χ3v) is 3.25. The standard InChI is InChI=1S/C14H13FN2O2/c1-9-6-7-17-14(19-9)11(8-18)13(16-17)10-4-2-3-5-12(10)15/h2-5,8-9H,6-7H2,1H3. The van der Waals surface area contributed by atoms with E-state index in [0.717, 1.165) is 6.42 Å². The summed E-state index contributed by atoms with van der Waals surface area (Å²) in [5.41, 5.74) is 0.983. The predicted molar refractivity (Wildman–Crippen MR) is 67.7 cm³/mol. The minimum absolute atomic E-state index is 0.0383. The molecule has 1 atom stereocenters. The topological polar surface area (TPSA) is 44.1 Å². The van der Waals surface area contributed by atoms with Crippen LogP contribution in [0.3, 0.4) is 0 Å². The number of aromatic nitrogens is 2. The quantitative estimate of drug-likeness (QED) is 0.780. The Hall–Kier alpha value is -2.17. The second-order valence-electron chi connectivity index (χ2n) is 4.61. The van der Waals surface area contributed by atoms with Gasteiger partial charge in [-0.3, -0.25) is 4.79 Å². The SMILES string of the molecule is CC1CCn2nc(-c3ccccc3F)c(C=O)c2O1. The fourth-order valence-electron chi connectivity index (χ4n) is 2.25. The van der Waals surface area contributed by atoms with E-state index in [9.17, 15) is 9.18 Å². The van der Waals surface area contributed by atoms with Crippen molar-refractivity contribution in [3.8, 4) is 17.1 Å². The molecule has 0 fully saturated rings. The van der Waals surface area contributed by atoms with E-state index in [-0.39, 0.29) is 6.10 Å². The lowest BCUT2D eigenvalue weighted by Crippen LogP contribution is -2.23. The van der Waals surface area contributed by atoms with E-state index < -0.39 is 5.82 Å². The van der Waals surface area contributed by atoms with Crippen molar-refractivity contribution in [3.63, 3.8) is 0 Å². The summed E-state index contributed by atoms with van der Waals surface area (Å²) in [7, 11) is 0. The normalized spacial score (nSPS) is 17.7. The summed E-state index contributed by atoms with van der Waals surface area (Å²) >= 11 is 0. The zero-order valence-electron chi connectivity index (χ0n) is 10.5. The first-order valence-corrected chi connectivity index (χ1v) is 6.18. The lowest BCUT2D eigenvalue weighted by Gasteiger charge is -2.21. The second kappa shape index (κ2) is 4.50. The Labute approximate surface area is 109 Å². The van der Waals surface area contributed by atoms with E-state index in [1.54, 1.807) is 22.9 Å². The Bertz CT molecular complexity index is 636. The first-order valence-electron chi connectivity index (χ1n) is 6.18. The highest BCUT2D eigenvalue weighted by molar-refractivity contribution is 5.89. The van der Waals surface area contributed by atoms with Crippen molar-refractivity contribution < 1.29 is 13.9 Å². The first-order chi connectivity index (χ1) is 9.20. The van der Waals surface area contributed by atoms with Crippen molar-refractivity contribution >= 4 is 6.29 Å². The van der Waals surface area contributed by atoms with Crippen LogP contribution in [0, 0.1) is 5.82 Å². The Morgan fingerprint density at radius 3 is 3.00 bits per heavy atom. The van der Waals surface area contributed by atoms with Gasteiger partial charge in [-0.2, -0.15) is 5.10 Å². The van der Waals surface area contributed by atoms with Gasteiger partial charge in [0.05, 0.1) is 6.10 Å². The first kappa shape index (κ1) is 11.9. The van der Waals surface area contributed by atoms with Gasteiger partial charge in [0.1, 0.15) is 17.1 Å². The maximum absolute atomic E-state index is 13.8. The molecule has 2 heterocycles. The lowest BCUT2D eigenvalue weighted by molar-refractivity contribution is 0.110. The Kier molecular flexibility index (Phi) is 2.81. The van der Waals surface area contributed by atoms with E-state index in [4.69, 9.17) is 4.74 Å². The van der Waals surface area contributed by atoms with Crippen LogP contribution in [0.15, 0.2) is 24.3 Å². The molecule has 1 aliphatic heterocycles. The van der Waals surface area contributed by atoms with E-state index in [1.165, 1.54) is 6.07 Å². The Morgan fingerprint density at radius 2 is 2.26 bits per heavy atom. The number of carbonyl (C=O) groups excluding carboxylic acids is 1. The number of benzene rings is 1. The fourth-order valence-corrected chi connectivity index (χ4v) is 2.25. The van der Waals surface area contributed by atoms with Gasteiger partial charge in [0.15, 0.2) is 6.29 Å². The average molecular weight is 260 g/mol. The number of hydrogen-bond donors (Lipinski definition) is 0. The highest BCUT2D eigenvalue weighted by Crippen LogP contribution is 2.33. The number of rotatable bonds is 2. The van der Waals surface area contributed by atoms with Gasteiger partial charge in [0, 0.05) is 18.5 Å². The van der Waals surface area contributed by atoms with Gasteiger partial charge in [0.25, 0.3) is 0 Å². The molecule has 0 N–H and O–H groups in total. The molecule has 0 aliphatic carbocycles. The van der Waals surface area contributed by atoms with Crippen LogP contribution in [0.2, 0.25) is 0 Å². The summed E-state index contributed by atoms with van der Waals surface area (Å²) in [4.78, 5) is 11.3. The molecule has 5 heteroatoms. The molecule has 0 saturated carbocycles. The molecule has 19 heavy (non-hydrogen) atoms. The average Bonchev–Trinajstić information content (AvgIpc) is 2.76. The molecular formula is C14H13FN2O2. The van der Waals surface area contributed by atoms with Crippen LogP contribution in [0.1, 0.15) is 23.7 Å². The van der Waals surface area contributed by atoms with Crippen LogP contribution in [0.5, 0.6) is 5.88 Å². The molecule has 0 amide bonds. The van der Waals surface area contributed by atoms with E-state index in [2.05, 4.69) is 5.10 Å². The van der Waals surface area contributed by atoms with Crippen molar-refractivity contribution in [2.45, 2.75) is 26.0 Å². The van der Waals surface area contributed by atoms with E-state index in [1.807, 2.05) is 6.92 Å². The van der Waals surface area contributed by atoms with Crippen molar-refractivity contribution in [1.29, 1.82) is 0 Å². The molecule has 1 aromatic heterocycles. The number of halogens is 1.